The third-order valence-corrected chi connectivity index (χ3v) is 1.67. The predicted molar refractivity (Wildman–Crippen MR) is 48.7 cm³/mol. The zero-order chi connectivity index (χ0) is 11.3. The fourth-order valence-corrected chi connectivity index (χ4v) is 0.971. The summed E-state index contributed by atoms with van der Waals surface area (Å²) in [5.74, 6) is -0.375. The van der Waals surface area contributed by atoms with Crippen LogP contribution in [-0.2, 0) is 6.18 Å². The van der Waals surface area contributed by atoms with Crippen LogP contribution >= 0.6 is 0 Å². The summed E-state index contributed by atoms with van der Waals surface area (Å²) >= 11 is 0. The minimum atomic E-state index is -4.43. The van der Waals surface area contributed by atoms with Crippen LogP contribution in [0, 0.1) is 0 Å². The van der Waals surface area contributed by atoms with Crippen LogP contribution in [-0.4, -0.2) is 25.2 Å². The Kier molecular flexibility index (Phi) is 3.90. The van der Waals surface area contributed by atoms with Gasteiger partial charge in [0.2, 0.25) is 5.88 Å². The molecular formula is C9H11F3N2O. The zero-order valence-corrected chi connectivity index (χ0v) is 8.14. The Bertz CT molecular complexity index is 314. The lowest BCUT2D eigenvalue weighted by molar-refractivity contribution is -0.139. The monoisotopic (exact) mass is 220 g/mol. The van der Waals surface area contributed by atoms with Gasteiger partial charge < -0.3 is 10.1 Å². The molecule has 0 unspecified atom stereocenters. The van der Waals surface area contributed by atoms with Crippen LogP contribution in [0.3, 0.4) is 0 Å². The minimum absolute atomic E-state index is 0.149. The molecule has 84 valence electrons. The van der Waals surface area contributed by atoms with Crippen LogP contribution in [0.15, 0.2) is 18.3 Å². The quantitative estimate of drug-likeness (QED) is 0.784. The van der Waals surface area contributed by atoms with Crippen molar-refractivity contribution in [2.24, 2.45) is 0 Å². The maximum atomic E-state index is 12.4. The van der Waals surface area contributed by atoms with Crippen molar-refractivity contribution in [2.75, 3.05) is 20.2 Å². The normalized spacial score (nSPS) is 11.5. The molecule has 0 aromatic carbocycles. The molecule has 1 aromatic rings. The third-order valence-electron chi connectivity index (χ3n) is 1.67. The van der Waals surface area contributed by atoms with Crippen molar-refractivity contribution in [2.45, 2.75) is 6.18 Å². The molecule has 15 heavy (non-hydrogen) atoms. The van der Waals surface area contributed by atoms with Crippen LogP contribution in [0.25, 0.3) is 0 Å². The third kappa shape index (κ3) is 3.39. The first kappa shape index (κ1) is 11.8. The fraction of sp³-hybridized carbons (Fsp3) is 0.444. The molecule has 0 radical (unpaired) electrons. The summed E-state index contributed by atoms with van der Waals surface area (Å²) in [6, 6.07) is 2.18. The van der Waals surface area contributed by atoms with Gasteiger partial charge in [-0.2, -0.15) is 13.2 Å². The Morgan fingerprint density at radius 1 is 1.47 bits per heavy atom. The van der Waals surface area contributed by atoms with Gasteiger partial charge in [0.05, 0.1) is 0 Å². The largest absolute Gasteiger partial charge is 0.476 e. The number of nitrogens with one attached hydrogen (secondary N) is 1. The predicted octanol–water partition coefficient (Wildman–Crippen LogP) is 1.70. The Hall–Kier alpha value is -1.30. The molecule has 0 bridgehead atoms. The van der Waals surface area contributed by atoms with Crippen LogP contribution in [0.1, 0.15) is 5.56 Å². The molecule has 0 aliphatic heterocycles. The Morgan fingerprint density at radius 3 is 2.80 bits per heavy atom. The number of nitrogens with zero attached hydrogens (tertiary/aromatic N) is 1. The van der Waals surface area contributed by atoms with Crippen LogP contribution in [0.2, 0.25) is 0 Å². The molecule has 0 aliphatic rings. The summed E-state index contributed by atoms with van der Waals surface area (Å²) in [4.78, 5) is 3.55. The number of ether oxygens (including phenoxy) is 1. The highest BCUT2D eigenvalue weighted by molar-refractivity contribution is 5.28. The van der Waals surface area contributed by atoms with Crippen LogP contribution < -0.4 is 10.1 Å². The van der Waals surface area contributed by atoms with E-state index in [9.17, 15) is 13.2 Å². The fourth-order valence-electron chi connectivity index (χ4n) is 0.971. The molecule has 0 amide bonds. The summed E-state index contributed by atoms with van der Waals surface area (Å²) in [6.45, 7) is 0.616. The van der Waals surface area contributed by atoms with Crippen molar-refractivity contribution in [3.8, 4) is 5.88 Å². The van der Waals surface area contributed by atoms with E-state index in [0.717, 1.165) is 6.07 Å². The van der Waals surface area contributed by atoms with E-state index in [0.29, 0.717) is 6.54 Å². The lowest BCUT2D eigenvalue weighted by atomic mass is 10.2. The lowest BCUT2D eigenvalue weighted by Gasteiger charge is -2.11. The molecule has 3 nitrogen and oxygen atoms in total. The molecule has 0 fully saturated rings. The standard InChI is InChI=1S/C9H11F3N2O/c1-13-5-6-15-8-7(9(10,11)12)3-2-4-14-8/h2-4,13H,5-6H2,1H3. The number of rotatable bonds is 4. The van der Waals surface area contributed by atoms with Gasteiger partial charge in [0.1, 0.15) is 12.2 Å². The van der Waals surface area contributed by atoms with Gasteiger partial charge in [-0.1, -0.05) is 0 Å². The highest BCUT2D eigenvalue weighted by Gasteiger charge is 2.34. The van der Waals surface area contributed by atoms with Gasteiger partial charge in [0, 0.05) is 12.7 Å². The van der Waals surface area contributed by atoms with E-state index in [1.54, 1.807) is 7.05 Å². The average Bonchev–Trinajstić information content (AvgIpc) is 2.17. The molecule has 0 atom stereocenters. The lowest BCUT2D eigenvalue weighted by Crippen LogP contribution is -2.18. The van der Waals surface area contributed by atoms with Gasteiger partial charge >= 0.3 is 6.18 Å². The second kappa shape index (κ2) is 4.97. The number of hydrogen-bond donors (Lipinski definition) is 1. The second-order valence-electron chi connectivity index (χ2n) is 2.81. The van der Waals surface area contributed by atoms with Crippen molar-refractivity contribution < 1.29 is 17.9 Å². The van der Waals surface area contributed by atoms with E-state index in [2.05, 4.69) is 10.3 Å². The van der Waals surface area contributed by atoms with E-state index >= 15 is 0 Å². The first-order valence-corrected chi connectivity index (χ1v) is 4.35. The summed E-state index contributed by atoms with van der Waals surface area (Å²) in [5.41, 5.74) is -0.846. The topological polar surface area (TPSA) is 34.1 Å². The van der Waals surface area contributed by atoms with Crippen molar-refractivity contribution in [1.82, 2.24) is 10.3 Å². The average molecular weight is 220 g/mol. The number of aromatic nitrogens is 1. The summed E-state index contributed by atoms with van der Waals surface area (Å²) in [6.07, 6.45) is -3.16. The molecule has 1 heterocycles. The molecule has 1 aromatic heterocycles. The van der Waals surface area contributed by atoms with E-state index in [1.165, 1.54) is 12.3 Å². The highest BCUT2D eigenvalue weighted by Crippen LogP contribution is 2.34. The molecule has 1 rings (SSSR count). The smallest absolute Gasteiger partial charge is 0.421 e. The molecule has 1 N–H and O–H groups in total. The van der Waals surface area contributed by atoms with Crippen molar-refractivity contribution in [3.63, 3.8) is 0 Å². The SMILES string of the molecule is CNCCOc1ncccc1C(F)(F)F. The van der Waals surface area contributed by atoms with Crippen LogP contribution in [0.5, 0.6) is 5.88 Å². The molecule has 0 spiro atoms. The van der Waals surface area contributed by atoms with Gasteiger partial charge in [-0.15, -0.1) is 0 Å². The number of hydrogen-bond acceptors (Lipinski definition) is 3. The maximum Gasteiger partial charge on any atom is 0.421 e. The van der Waals surface area contributed by atoms with E-state index in [4.69, 9.17) is 4.74 Å². The number of likely N-dealkylation sites (N-methyl/N-ethyl adjacent to an activating group) is 1. The summed E-state index contributed by atoms with van der Waals surface area (Å²) < 4.78 is 42.2. The molecule has 0 saturated heterocycles. The second-order valence-corrected chi connectivity index (χ2v) is 2.81. The summed E-state index contributed by atoms with van der Waals surface area (Å²) in [5, 5.41) is 2.76. The van der Waals surface area contributed by atoms with Crippen molar-refractivity contribution >= 4 is 0 Å². The minimum Gasteiger partial charge on any atom is -0.476 e. The van der Waals surface area contributed by atoms with E-state index in [1.807, 2.05) is 0 Å². The van der Waals surface area contributed by atoms with Crippen LogP contribution in [0.4, 0.5) is 13.2 Å². The maximum absolute atomic E-state index is 12.4. The Balaban J connectivity index is 2.78. The van der Waals surface area contributed by atoms with Crippen molar-refractivity contribution in [1.29, 1.82) is 0 Å². The molecule has 6 heteroatoms. The Morgan fingerprint density at radius 2 is 2.20 bits per heavy atom. The Labute approximate surface area is 85.3 Å². The first-order valence-electron chi connectivity index (χ1n) is 4.35. The van der Waals surface area contributed by atoms with Gasteiger partial charge in [-0.05, 0) is 19.2 Å². The van der Waals surface area contributed by atoms with Gasteiger partial charge in [0.15, 0.2) is 0 Å². The first-order chi connectivity index (χ1) is 7.05. The van der Waals surface area contributed by atoms with Gasteiger partial charge in [-0.3, -0.25) is 0 Å². The summed E-state index contributed by atoms with van der Waals surface area (Å²) in [7, 11) is 1.69. The number of pyridine rings is 1. The zero-order valence-electron chi connectivity index (χ0n) is 8.14. The highest BCUT2D eigenvalue weighted by atomic mass is 19.4. The molecule has 0 saturated carbocycles. The number of alkyl halides is 3. The van der Waals surface area contributed by atoms with E-state index in [-0.39, 0.29) is 12.5 Å². The molecule has 0 aliphatic carbocycles. The van der Waals surface area contributed by atoms with E-state index < -0.39 is 11.7 Å². The van der Waals surface area contributed by atoms with Crippen molar-refractivity contribution in [3.05, 3.63) is 23.9 Å². The molecular weight excluding hydrogens is 209 g/mol. The van der Waals surface area contributed by atoms with Gasteiger partial charge in [0.25, 0.3) is 0 Å². The van der Waals surface area contributed by atoms with Gasteiger partial charge in [-0.25, -0.2) is 4.98 Å². The number of halogens is 3.